The Kier molecular flexibility index (Phi) is 2.38. The van der Waals surface area contributed by atoms with Crippen molar-refractivity contribution in [2.75, 3.05) is 7.05 Å². The first-order chi connectivity index (χ1) is 7.50. The van der Waals surface area contributed by atoms with Gasteiger partial charge in [0.05, 0.1) is 0 Å². The van der Waals surface area contributed by atoms with E-state index in [2.05, 4.69) is 5.32 Å². The van der Waals surface area contributed by atoms with Crippen LogP contribution >= 0.6 is 0 Å². The third-order valence-electron chi connectivity index (χ3n) is 2.75. The first kappa shape index (κ1) is 10.6. The van der Waals surface area contributed by atoms with Gasteiger partial charge in [0.15, 0.2) is 0 Å². The molecule has 0 aromatic heterocycles. The molecule has 0 bridgehead atoms. The Morgan fingerprint density at radius 1 is 1.50 bits per heavy atom. The first-order valence-corrected chi connectivity index (χ1v) is 4.89. The van der Waals surface area contributed by atoms with Gasteiger partial charge in [0.1, 0.15) is 17.7 Å². The van der Waals surface area contributed by atoms with Gasteiger partial charge in [0.25, 0.3) is 0 Å². The predicted octanol–water partition coefficient (Wildman–Crippen LogP) is 1.81. The Bertz CT molecular complexity index is 472. The smallest absolute Gasteiger partial charge is 0.313 e. The number of carbonyl (C=O) groups is 1. The van der Waals surface area contributed by atoms with Crippen LogP contribution in [-0.4, -0.2) is 23.8 Å². The lowest BCUT2D eigenvalue weighted by molar-refractivity contribution is 0.217. The van der Waals surface area contributed by atoms with Gasteiger partial charge in [-0.25, -0.2) is 9.18 Å². The highest BCUT2D eigenvalue weighted by molar-refractivity contribution is 6.05. The summed E-state index contributed by atoms with van der Waals surface area (Å²) in [5, 5.41) is 10.1. The lowest BCUT2D eigenvalue weighted by Gasteiger charge is -2.19. The molecule has 2 amide bonds. The van der Waals surface area contributed by atoms with Crippen LogP contribution in [0.25, 0.3) is 0 Å². The van der Waals surface area contributed by atoms with E-state index in [-0.39, 0.29) is 17.7 Å². The minimum absolute atomic E-state index is 0.127. The second kappa shape index (κ2) is 3.59. The Morgan fingerprint density at radius 3 is 2.69 bits per heavy atom. The number of benzene rings is 1. The molecule has 1 aromatic carbocycles. The van der Waals surface area contributed by atoms with E-state index in [1.54, 1.807) is 20.0 Å². The molecular weight excluding hydrogens is 209 g/mol. The zero-order valence-corrected chi connectivity index (χ0v) is 9.04. The number of urea groups is 1. The standard InChI is InChI=1S/C11H12FN3O/c1-6-5-7(12)3-4-8(6)9-10(13)14-11(16)15(9)2/h3-5,9H,1-2H3,(H2,13,14,16). The number of nitrogens with zero attached hydrogens (tertiary/aromatic N) is 1. The topological polar surface area (TPSA) is 56.2 Å². The third-order valence-corrected chi connectivity index (χ3v) is 2.75. The Hall–Kier alpha value is -1.91. The summed E-state index contributed by atoms with van der Waals surface area (Å²) in [5.74, 6) is -0.185. The summed E-state index contributed by atoms with van der Waals surface area (Å²) in [7, 11) is 1.62. The largest absolute Gasteiger partial charge is 0.323 e. The van der Waals surface area contributed by atoms with Crippen LogP contribution in [0.5, 0.6) is 0 Å². The van der Waals surface area contributed by atoms with Crippen molar-refractivity contribution in [2.45, 2.75) is 13.0 Å². The molecule has 84 valence electrons. The predicted molar refractivity (Wildman–Crippen MR) is 57.9 cm³/mol. The maximum Gasteiger partial charge on any atom is 0.323 e. The zero-order valence-electron chi connectivity index (χ0n) is 9.04. The van der Waals surface area contributed by atoms with Gasteiger partial charge < -0.3 is 4.90 Å². The third kappa shape index (κ3) is 1.54. The van der Waals surface area contributed by atoms with Crippen LogP contribution < -0.4 is 5.32 Å². The summed E-state index contributed by atoms with van der Waals surface area (Å²) in [6.07, 6.45) is 0. The molecule has 1 aliphatic heterocycles. The number of likely N-dealkylation sites (N-methyl/N-ethyl adjacent to an activating group) is 1. The number of hydrogen-bond acceptors (Lipinski definition) is 2. The van der Waals surface area contributed by atoms with Gasteiger partial charge in [0, 0.05) is 7.05 Å². The number of amides is 2. The van der Waals surface area contributed by atoms with E-state index >= 15 is 0 Å². The summed E-state index contributed by atoms with van der Waals surface area (Å²) in [6.45, 7) is 1.77. The van der Waals surface area contributed by atoms with Gasteiger partial charge >= 0.3 is 6.03 Å². The van der Waals surface area contributed by atoms with E-state index in [1.807, 2.05) is 0 Å². The molecule has 0 radical (unpaired) electrons. The Labute approximate surface area is 92.6 Å². The molecule has 1 aromatic rings. The fraction of sp³-hybridized carbons (Fsp3) is 0.273. The fourth-order valence-corrected chi connectivity index (χ4v) is 1.89. The van der Waals surface area contributed by atoms with Gasteiger partial charge in [-0.05, 0) is 30.2 Å². The number of halogens is 1. The molecule has 1 atom stereocenters. The van der Waals surface area contributed by atoms with Crippen LogP contribution in [0.3, 0.4) is 0 Å². The number of nitrogens with one attached hydrogen (secondary N) is 2. The number of carbonyl (C=O) groups excluding carboxylic acids is 1. The zero-order chi connectivity index (χ0) is 11.9. The van der Waals surface area contributed by atoms with Gasteiger partial charge in [0.2, 0.25) is 0 Å². The molecule has 1 saturated heterocycles. The summed E-state index contributed by atoms with van der Waals surface area (Å²) < 4.78 is 13.0. The van der Waals surface area contributed by atoms with Crippen molar-refractivity contribution in [2.24, 2.45) is 0 Å². The van der Waals surface area contributed by atoms with Gasteiger partial charge in [-0.15, -0.1) is 0 Å². The van der Waals surface area contributed by atoms with Crippen molar-refractivity contribution in [3.05, 3.63) is 35.1 Å². The van der Waals surface area contributed by atoms with Crippen molar-refractivity contribution in [1.82, 2.24) is 10.2 Å². The van der Waals surface area contributed by atoms with E-state index in [0.717, 1.165) is 11.1 Å². The lowest BCUT2D eigenvalue weighted by Crippen LogP contribution is -2.25. The van der Waals surface area contributed by atoms with Crippen molar-refractivity contribution in [3.8, 4) is 0 Å². The maximum absolute atomic E-state index is 13.0. The molecule has 0 spiro atoms. The lowest BCUT2D eigenvalue weighted by atomic mass is 10.0. The second-order valence-electron chi connectivity index (χ2n) is 3.86. The minimum Gasteiger partial charge on any atom is -0.313 e. The van der Waals surface area contributed by atoms with Crippen LogP contribution in [-0.2, 0) is 0 Å². The summed E-state index contributed by atoms with van der Waals surface area (Å²) >= 11 is 0. The van der Waals surface area contributed by atoms with Crippen LogP contribution in [0.15, 0.2) is 18.2 Å². The van der Waals surface area contributed by atoms with Gasteiger partial charge in [-0.3, -0.25) is 10.7 Å². The highest BCUT2D eigenvalue weighted by Gasteiger charge is 2.34. The van der Waals surface area contributed by atoms with E-state index in [9.17, 15) is 9.18 Å². The number of hydrogen-bond donors (Lipinski definition) is 2. The van der Waals surface area contributed by atoms with Gasteiger partial charge in [-0.2, -0.15) is 0 Å². The average Bonchev–Trinajstić information content (AvgIpc) is 2.43. The van der Waals surface area contributed by atoms with Gasteiger partial charge in [-0.1, -0.05) is 6.07 Å². The molecular formula is C11H12FN3O. The average molecular weight is 221 g/mol. The number of aryl methyl sites for hydroxylation is 1. The molecule has 1 fully saturated rings. The summed E-state index contributed by atoms with van der Waals surface area (Å²) in [4.78, 5) is 12.8. The normalized spacial score (nSPS) is 20.2. The highest BCUT2D eigenvalue weighted by Crippen LogP contribution is 2.27. The van der Waals surface area contributed by atoms with Crippen LogP contribution in [0.2, 0.25) is 0 Å². The highest BCUT2D eigenvalue weighted by atomic mass is 19.1. The van der Waals surface area contributed by atoms with Crippen LogP contribution in [0.1, 0.15) is 17.2 Å². The molecule has 0 saturated carbocycles. The van der Waals surface area contributed by atoms with Crippen molar-refractivity contribution in [3.63, 3.8) is 0 Å². The molecule has 4 nitrogen and oxygen atoms in total. The molecule has 16 heavy (non-hydrogen) atoms. The van der Waals surface area contributed by atoms with Crippen LogP contribution in [0.4, 0.5) is 9.18 Å². The molecule has 1 heterocycles. The monoisotopic (exact) mass is 221 g/mol. The number of rotatable bonds is 1. The minimum atomic E-state index is -0.437. The van der Waals surface area contributed by atoms with Crippen molar-refractivity contribution < 1.29 is 9.18 Å². The molecule has 1 aliphatic rings. The fourth-order valence-electron chi connectivity index (χ4n) is 1.89. The second-order valence-corrected chi connectivity index (χ2v) is 3.86. The van der Waals surface area contributed by atoms with E-state index in [1.165, 1.54) is 17.0 Å². The van der Waals surface area contributed by atoms with E-state index < -0.39 is 6.04 Å². The Balaban J connectivity index is 2.44. The summed E-state index contributed by atoms with van der Waals surface area (Å²) in [6, 6.07) is 3.61. The SMILES string of the molecule is Cc1cc(F)ccc1C1C(=N)NC(=O)N1C. The van der Waals surface area contributed by atoms with E-state index in [4.69, 9.17) is 5.41 Å². The molecule has 1 unspecified atom stereocenters. The summed E-state index contributed by atoms with van der Waals surface area (Å²) in [5.41, 5.74) is 1.50. The van der Waals surface area contributed by atoms with Crippen LogP contribution in [0, 0.1) is 18.2 Å². The molecule has 2 rings (SSSR count). The van der Waals surface area contributed by atoms with Crippen molar-refractivity contribution in [1.29, 1.82) is 5.41 Å². The maximum atomic E-state index is 13.0. The molecule has 0 aliphatic carbocycles. The number of amidine groups is 1. The Morgan fingerprint density at radius 2 is 2.19 bits per heavy atom. The van der Waals surface area contributed by atoms with E-state index in [0.29, 0.717) is 0 Å². The quantitative estimate of drug-likeness (QED) is 0.746. The molecule has 5 heteroatoms. The molecule has 2 N–H and O–H groups in total. The van der Waals surface area contributed by atoms with Crippen molar-refractivity contribution >= 4 is 11.9 Å². The first-order valence-electron chi connectivity index (χ1n) is 4.89.